The van der Waals surface area contributed by atoms with Gasteiger partial charge in [-0.25, -0.2) is 15.0 Å². The van der Waals surface area contributed by atoms with Crippen molar-refractivity contribution in [3.05, 3.63) is 188 Å². The predicted molar refractivity (Wildman–Crippen MR) is 217 cm³/mol. The summed E-state index contributed by atoms with van der Waals surface area (Å²) in [5.41, 5.74) is 11.5. The van der Waals surface area contributed by atoms with Crippen molar-refractivity contribution in [2.75, 3.05) is 0 Å². The van der Waals surface area contributed by atoms with E-state index in [0.29, 0.717) is 17.5 Å². The van der Waals surface area contributed by atoms with Gasteiger partial charge in [-0.05, 0) is 57.0 Å². The van der Waals surface area contributed by atoms with Gasteiger partial charge in [-0.1, -0.05) is 170 Å². The molecule has 8 aromatic carbocycles. The summed E-state index contributed by atoms with van der Waals surface area (Å²) in [6, 6.07) is 65.2. The molecule has 0 aliphatic heterocycles. The van der Waals surface area contributed by atoms with Gasteiger partial charge in [0.2, 0.25) is 0 Å². The molecule has 0 bridgehead atoms. The Kier molecular flexibility index (Phi) is 7.43. The number of para-hydroxylation sites is 1. The highest BCUT2D eigenvalue weighted by atomic mass is 16.3. The molecule has 0 aliphatic rings. The predicted octanol–water partition coefficient (Wildman–Crippen LogP) is 12.9. The summed E-state index contributed by atoms with van der Waals surface area (Å²) in [5.74, 6) is 1.93. The Bertz CT molecular complexity index is 2860. The number of fused-ring (bicyclic) bond motifs is 5. The molecule has 4 nitrogen and oxygen atoms in total. The van der Waals surface area contributed by atoms with Gasteiger partial charge in [0.1, 0.15) is 11.2 Å². The molecule has 10 aromatic rings. The summed E-state index contributed by atoms with van der Waals surface area (Å²) < 4.78 is 6.62. The highest BCUT2D eigenvalue weighted by Crippen LogP contribution is 2.44. The lowest BCUT2D eigenvalue weighted by atomic mass is 9.91. The molecule has 0 unspecified atom stereocenters. The van der Waals surface area contributed by atoms with Crippen molar-refractivity contribution in [2.24, 2.45) is 0 Å². The summed E-state index contributed by atoms with van der Waals surface area (Å²) in [7, 11) is 0. The van der Waals surface area contributed by atoms with E-state index in [0.717, 1.165) is 66.3 Å². The lowest BCUT2D eigenvalue weighted by molar-refractivity contribution is 0.673. The van der Waals surface area contributed by atoms with Crippen LogP contribution in [0.2, 0.25) is 0 Å². The fourth-order valence-corrected chi connectivity index (χ4v) is 7.35. The number of nitrogens with zero attached hydrogens (tertiary/aromatic N) is 3. The van der Waals surface area contributed by atoms with Crippen LogP contribution in [0.15, 0.2) is 192 Å². The summed E-state index contributed by atoms with van der Waals surface area (Å²) in [4.78, 5) is 14.8. The van der Waals surface area contributed by atoms with Gasteiger partial charge >= 0.3 is 0 Å². The lowest BCUT2D eigenvalue weighted by Crippen LogP contribution is -2.00. The molecule has 0 fully saturated rings. The largest absolute Gasteiger partial charge is 0.455 e. The molecule has 0 saturated carbocycles. The first-order valence-corrected chi connectivity index (χ1v) is 17.8. The third kappa shape index (κ3) is 5.54. The van der Waals surface area contributed by atoms with Crippen molar-refractivity contribution < 1.29 is 4.42 Å². The Morgan fingerprint density at radius 2 is 0.792 bits per heavy atom. The van der Waals surface area contributed by atoms with Crippen LogP contribution in [0.5, 0.6) is 0 Å². The zero-order chi connectivity index (χ0) is 35.1. The van der Waals surface area contributed by atoms with Crippen LogP contribution in [0.25, 0.3) is 100 Å². The zero-order valence-corrected chi connectivity index (χ0v) is 28.6. The first kappa shape index (κ1) is 30.6. The second-order valence-electron chi connectivity index (χ2n) is 13.2. The minimum absolute atomic E-state index is 0.635. The molecule has 10 rings (SSSR count). The second-order valence-corrected chi connectivity index (χ2v) is 13.2. The van der Waals surface area contributed by atoms with E-state index in [-0.39, 0.29) is 0 Å². The maximum atomic E-state index is 6.62. The Balaban J connectivity index is 1.08. The summed E-state index contributed by atoms with van der Waals surface area (Å²) >= 11 is 0. The minimum atomic E-state index is 0.635. The smallest absolute Gasteiger partial charge is 0.164 e. The van der Waals surface area contributed by atoms with E-state index >= 15 is 0 Å². The van der Waals surface area contributed by atoms with Crippen molar-refractivity contribution in [1.29, 1.82) is 0 Å². The van der Waals surface area contributed by atoms with E-state index < -0.39 is 0 Å². The van der Waals surface area contributed by atoms with E-state index in [1.807, 2.05) is 66.7 Å². The van der Waals surface area contributed by atoms with Crippen LogP contribution in [0.1, 0.15) is 0 Å². The van der Waals surface area contributed by atoms with Gasteiger partial charge in [0.25, 0.3) is 0 Å². The van der Waals surface area contributed by atoms with Crippen LogP contribution in [0, 0.1) is 0 Å². The van der Waals surface area contributed by atoms with Gasteiger partial charge < -0.3 is 4.42 Å². The lowest BCUT2D eigenvalue weighted by Gasteiger charge is -2.12. The fourth-order valence-electron chi connectivity index (χ4n) is 7.35. The maximum absolute atomic E-state index is 6.62. The second kappa shape index (κ2) is 12.9. The number of hydrogen-bond acceptors (Lipinski definition) is 4. The van der Waals surface area contributed by atoms with Gasteiger partial charge in [-0.15, -0.1) is 0 Å². The van der Waals surface area contributed by atoms with Crippen LogP contribution in [-0.2, 0) is 0 Å². The van der Waals surface area contributed by atoms with Crippen LogP contribution in [-0.4, -0.2) is 15.0 Å². The molecule has 2 aromatic heterocycles. The van der Waals surface area contributed by atoms with Crippen molar-refractivity contribution in [1.82, 2.24) is 15.0 Å². The van der Waals surface area contributed by atoms with Gasteiger partial charge in [-0.3, -0.25) is 0 Å². The molecule has 0 radical (unpaired) electrons. The number of furan rings is 1. The SMILES string of the molecule is c1ccc(-c2nc(-c3ccccc3)nc(-c3cccc(-c4ccc(-c5cc6c(-c7ccccc7)cccc6c6oc7ccccc7c56)cc4)c3)n2)cc1. The third-order valence-electron chi connectivity index (χ3n) is 9.94. The zero-order valence-electron chi connectivity index (χ0n) is 28.6. The van der Waals surface area contributed by atoms with Crippen LogP contribution in [0.3, 0.4) is 0 Å². The van der Waals surface area contributed by atoms with E-state index in [4.69, 9.17) is 19.4 Å². The molecular formula is C49H31N3O. The number of rotatable bonds is 6. The molecule has 248 valence electrons. The number of hydrogen-bond donors (Lipinski definition) is 0. The quantitative estimate of drug-likeness (QED) is 0.176. The average molecular weight is 678 g/mol. The molecule has 0 atom stereocenters. The first-order valence-electron chi connectivity index (χ1n) is 17.8. The van der Waals surface area contributed by atoms with Crippen LogP contribution in [0.4, 0.5) is 0 Å². The van der Waals surface area contributed by atoms with Crippen LogP contribution >= 0.6 is 0 Å². The Hall–Kier alpha value is -7.17. The molecule has 0 saturated heterocycles. The standard InChI is InChI=1S/C49H31N3O/c1-4-14-33(15-5-1)39-23-13-24-40-43(39)31-42(45-41-22-10-11-25-44(41)53-46(40)45)34-28-26-32(27-29-34)37-20-12-21-38(30-37)49-51-47(35-16-6-2-7-17-35)50-48(52-49)36-18-8-3-9-19-36/h1-31H. The van der Waals surface area contributed by atoms with E-state index in [1.54, 1.807) is 0 Å². The number of aromatic nitrogens is 3. The molecule has 2 heterocycles. The highest BCUT2D eigenvalue weighted by Gasteiger charge is 2.19. The average Bonchev–Trinajstić information content (AvgIpc) is 3.64. The normalized spacial score (nSPS) is 11.4. The Labute approximate surface area is 306 Å². The highest BCUT2D eigenvalue weighted by molar-refractivity contribution is 6.23. The van der Waals surface area contributed by atoms with E-state index in [9.17, 15) is 0 Å². The van der Waals surface area contributed by atoms with Crippen molar-refractivity contribution in [3.63, 3.8) is 0 Å². The molecule has 0 amide bonds. The molecular weight excluding hydrogens is 647 g/mol. The van der Waals surface area contributed by atoms with Crippen molar-refractivity contribution in [2.45, 2.75) is 0 Å². The Morgan fingerprint density at radius 1 is 0.302 bits per heavy atom. The topological polar surface area (TPSA) is 51.8 Å². The van der Waals surface area contributed by atoms with Gasteiger partial charge in [0, 0.05) is 32.8 Å². The van der Waals surface area contributed by atoms with Crippen molar-refractivity contribution in [3.8, 4) is 67.5 Å². The Morgan fingerprint density at radius 3 is 1.47 bits per heavy atom. The molecule has 4 heteroatoms. The first-order chi connectivity index (χ1) is 26.3. The van der Waals surface area contributed by atoms with Gasteiger partial charge in [0.15, 0.2) is 17.5 Å². The van der Waals surface area contributed by atoms with Crippen molar-refractivity contribution >= 4 is 32.7 Å². The third-order valence-corrected chi connectivity index (χ3v) is 9.94. The minimum Gasteiger partial charge on any atom is -0.455 e. The summed E-state index contributed by atoms with van der Waals surface area (Å²) in [5, 5.41) is 4.52. The monoisotopic (exact) mass is 677 g/mol. The molecule has 53 heavy (non-hydrogen) atoms. The molecule has 0 spiro atoms. The van der Waals surface area contributed by atoms with E-state index in [2.05, 4.69) is 121 Å². The summed E-state index contributed by atoms with van der Waals surface area (Å²) in [6.45, 7) is 0. The van der Waals surface area contributed by atoms with Gasteiger partial charge in [-0.2, -0.15) is 0 Å². The van der Waals surface area contributed by atoms with E-state index in [1.165, 1.54) is 16.5 Å². The van der Waals surface area contributed by atoms with Crippen LogP contribution < -0.4 is 0 Å². The number of benzene rings is 8. The molecule has 0 aliphatic carbocycles. The maximum Gasteiger partial charge on any atom is 0.164 e. The van der Waals surface area contributed by atoms with Gasteiger partial charge in [0.05, 0.1) is 0 Å². The summed E-state index contributed by atoms with van der Waals surface area (Å²) in [6.07, 6.45) is 0. The fraction of sp³-hybridized carbons (Fsp3) is 0. The molecule has 0 N–H and O–H groups in total.